The Labute approximate surface area is 128 Å². The first-order chi connectivity index (χ1) is 10.3. The van der Waals surface area contributed by atoms with Gasteiger partial charge in [0.25, 0.3) is 0 Å². The third kappa shape index (κ3) is 3.12. The first-order valence-electron chi connectivity index (χ1n) is 6.26. The van der Waals surface area contributed by atoms with Gasteiger partial charge in [-0.15, -0.1) is 11.3 Å². The van der Waals surface area contributed by atoms with Crippen LogP contribution in [0.15, 0.2) is 41.9 Å². The molecule has 1 aromatic heterocycles. The molecule has 1 N–H and O–H groups in total. The zero-order chi connectivity index (χ0) is 16.4. The van der Waals surface area contributed by atoms with E-state index in [2.05, 4.69) is 4.98 Å². The molecule has 0 aliphatic heterocycles. The van der Waals surface area contributed by atoms with Crippen LogP contribution in [0.25, 0.3) is 0 Å². The third-order valence-electron chi connectivity index (χ3n) is 3.21. The number of aromatic nitrogens is 1. The Morgan fingerprint density at radius 2 is 1.95 bits per heavy atom. The van der Waals surface area contributed by atoms with Crippen molar-refractivity contribution in [2.24, 2.45) is 0 Å². The minimum absolute atomic E-state index is 0.266. The zero-order valence-corrected chi connectivity index (χ0v) is 12.4. The van der Waals surface area contributed by atoms with Gasteiger partial charge in [-0.2, -0.15) is 13.2 Å². The second-order valence-electron chi connectivity index (χ2n) is 4.67. The van der Waals surface area contributed by atoms with Crippen LogP contribution in [-0.4, -0.2) is 29.2 Å². The Kier molecular flexibility index (Phi) is 4.52. The number of benzene rings is 1. The number of thiazole rings is 1. The molecule has 1 unspecified atom stereocenters. The third-order valence-corrected chi connectivity index (χ3v) is 4.06. The Morgan fingerprint density at radius 3 is 2.45 bits per heavy atom. The highest BCUT2D eigenvalue weighted by atomic mass is 32.1. The number of halogens is 3. The minimum Gasteiger partial charge on any atom is -0.376 e. The summed E-state index contributed by atoms with van der Waals surface area (Å²) in [6.07, 6.45) is -4.65. The lowest BCUT2D eigenvalue weighted by Crippen LogP contribution is -2.46. The quantitative estimate of drug-likeness (QED) is 0.938. The van der Waals surface area contributed by atoms with E-state index in [1.165, 1.54) is 31.4 Å². The number of alkyl halides is 3. The van der Waals surface area contributed by atoms with E-state index in [4.69, 9.17) is 0 Å². The summed E-state index contributed by atoms with van der Waals surface area (Å²) in [7, 11) is 1.32. The lowest BCUT2D eigenvalue weighted by molar-refractivity contribution is -0.267. The SMILES string of the molecule is CN(C(=O)CC(O)(c1ccccc1)C(F)(F)F)c1nccs1. The molecule has 0 saturated heterocycles. The molecule has 8 heteroatoms. The van der Waals surface area contributed by atoms with Gasteiger partial charge in [-0.25, -0.2) is 4.98 Å². The van der Waals surface area contributed by atoms with Crippen LogP contribution in [0.2, 0.25) is 0 Å². The first-order valence-corrected chi connectivity index (χ1v) is 7.14. The number of rotatable bonds is 4. The number of nitrogens with zero attached hydrogens (tertiary/aromatic N) is 2. The van der Waals surface area contributed by atoms with E-state index in [1.54, 1.807) is 5.38 Å². The van der Waals surface area contributed by atoms with E-state index in [1.807, 2.05) is 0 Å². The summed E-state index contributed by atoms with van der Waals surface area (Å²) in [5, 5.41) is 12.0. The maximum atomic E-state index is 13.3. The van der Waals surface area contributed by atoms with Crippen LogP contribution in [0.1, 0.15) is 12.0 Å². The molecule has 118 valence electrons. The molecule has 0 bridgehead atoms. The molecule has 1 aromatic carbocycles. The molecule has 22 heavy (non-hydrogen) atoms. The summed E-state index contributed by atoms with van der Waals surface area (Å²) in [5.74, 6) is -0.876. The van der Waals surface area contributed by atoms with Crippen LogP contribution < -0.4 is 4.90 Å². The maximum Gasteiger partial charge on any atom is 0.421 e. The molecule has 0 spiro atoms. The second-order valence-corrected chi connectivity index (χ2v) is 5.54. The number of anilines is 1. The highest BCUT2D eigenvalue weighted by Crippen LogP contribution is 2.42. The van der Waals surface area contributed by atoms with E-state index in [0.29, 0.717) is 0 Å². The van der Waals surface area contributed by atoms with Crippen molar-refractivity contribution >= 4 is 22.4 Å². The summed E-state index contributed by atoms with van der Waals surface area (Å²) in [6.45, 7) is 0. The molecule has 0 aliphatic rings. The summed E-state index contributed by atoms with van der Waals surface area (Å²) in [4.78, 5) is 17.0. The second kappa shape index (κ2) is 6.05. The van der Waals surface area contributed by atoms with Crippen LogP contribution in [0.4, 0.5) is 18.3 Å². The van der Waals surface area contributed by atoms with Gasteiger partial charge in [0.1, 0.15) is 0 Å². The first kappa shape index (κ1) is 16.4. The lowest BCUT2D eigenvalue weighted by atomic mass is 9.89. The maximum absolute atomic E-state index is 13.3. The van der Waals surface area contributed by atoms with E-state index < -0.39 is 24.1 Å². The van der Waals surface area contributed by atoms with Gasteiger partial charge in [0.15, 0.2) is 10.7 Å². The number of hydrogen-bond acceptors (Lipinski definition) is 4. The fourth-order valence-electron chi connectivity index (χ4n) is 1.91. The van der Waals surface area contributed by atoms with Gasteiger partial charge < -0.3 is 5.11 Å². The fraction of sp³-hybridized carbons (Fsp3) is 0.286. The number of aliphatic hydroxyl groups is 1. The van der Waals surface area contributed by atoms with Crippen molar-refractivity contribution < 1.29 is 23.1 Å². The van der Waals surface area contributed by atoms with E-state index in [-0.39, 0.29) is 10.7 Å². The van der Waals surface area contributed by atoms with E-state index >= 15 is 0 Å². The Bertz CT molecular complexity index is 631. The molecule has 0 fully saturated rings. The summed E-state index contributed by atoms with van der Waals surface area (Å²) in [5.41, 5.74) is -3.61. The van der Waals surface area contributed by atoms with Crippen molar-refractivity contribution in [1.29, 1.82) is 0 Å². The van der Waals surface area contributed by atoms with Crippen molar-refractivity contribution in [3.8, 4) is 0 Å². The van der Waals surface area contributed by atoms with Crippen molar-refractivity contribution in [1.82, 2.24) is 4.98 Å². The van der Waals surface area contributed by atoms with E-state index in [9.17, 15) is 23.1 Å². The monoisotopic (exact) mass is 330 g/mol. The van der Waals surface area contributed by atoms with Gasteiger partial charge >= 0.3 is 6.18 Å². The van der Waals surface area contributed by atoms with Crippen LogP contribution in [0, 0.1) is 0 Å². The fourth-order valence-corrected chi connectivity index (χ4v) is 2.53. The average molecular weight is 330 g/mol. The van der Waals surface area contributed by atoms with Gasteiger partial charge in [-0.1, -0.05) is 30.3 Å². The van der Waals surface area contributed by atoms with Gasteiger partial charge in [-0.3, -0.25) is 9.69 Å². The van der Waals surface area contributed by atoms with Crippen LogP contribution in [0.3, 0.4) is 0 Å². The van der Waals surface area contributed by atoms with Crippen molar-refractivity contribution in [2.45, 2.75) is 18.2 Å². The molecular formula is C14H13F3N2O2S. The normalized spacial score (nSPS) is 14.4. The largest absolute Gasteiger partial charge is 0.421 e. The Balaban J connectivity index is 2.30. The van der Waals surface area contributed by atoms with Crippen LogP contribution in [0.5, 0.6) is 0 Å². The predicted octanol–water partition coefficient (Wildman–Crippen LogP) is 2.95. The minimum atomic E-state index is -4.98. The average Bonchev–Trinajstić information content (AvgIpc) is 3.00. The number of carbonyl (C=O) groups is 1. The van der Waals surface area contributed by atoms with Crippen LogP contribution in [-0.2, 0) is 10.4 Å². The van der Waals surface area contributed by atoms with E-state index in [0.717, 1.165) is 28.4 Å². The smallest absolute Gasteiger partial charge is 0.376 e. The topological polar surface area (TPSA) is 53.4 Å². The molecular weight excluding hydrogens is 317 g/mol. The van der Waals surface area contributed by atoms with Crippen molar-refractivity contribution in [2.75, 3.05) is 11.9 Å². The number of hydrogen-bond donors (Lipinski definition) is 1. The number of amides is 1. The predicted molar refractivity (Wildman–Crippen MR) is 76.5 cm³/mol. The summed E-state index contributed by atoms with van der Waals surface area (Å²) >= 11 is 1.12. The van der Waals surface area contributed by atoms with Crippen LogP contribution >= 0.6 is 11.3 Å². The molecule has 1 heterocycles. The molecule has 0 saturated carbocycles. The molecule has 0 aliphatic carbocycles. The Hall–Kier alpha value is -1.93. The van der Waals surface area contributed by atoms with Gasteiger partial charge in [0.2, 0.25) is 5.91 Å². The molecule has 2 rings (SSSR count). The van der Waals surface area contributed by atoms with Gasteiger partial charge in [0.05, 0.1) is 6.42 Å². The summed E-state index contributed by atoms with van der Waals surface area (Å²) in [6, 6.07) is 6.57. The Morgan fingerprint density at radius 1 is 1.32 bits per heavy atom. The number of carbonyl (C=O) groups excluding carboxylic acids is 1. The zero-order valence-electron chi connectivity index (χ0n) is 11.5. The lowest BCUT2D eigenvalue weighted by Gasteiger charge is -2.31. The van der Waals surface area contributed by atoms with Crippen molar-refractivity contribution in [3.05, 3.63) is 47.5 Å². The molecule has 1 amide bonds. The molecule has 1 atom stereocenters. The highest BCUT2D eigenvalue weighted by molar-refractivity contribution is 7.13. The molecule has 4 nitrogen and oxygen atoms in total. The van der Waals surface area contributed by atoms with Gasteiger partial charge in [-0.05, 0) is 5.56 Å². The van der Waals surface area contributed by atoms with Crippen molar-refractivity contribution in [3.63, 3.8) is 0 Å². The standard InChI is InChI=1S/C14H13F3N2O2S/c1-19(12-18-7-8-22-12)11(20)9-13(21,14(15,16)17)10-5-3-2-4-6-10/h2-8,21H,9H2,1H3. The molecule has 2 aromatic rings. The highest BCUT2D eigenvalue weighted by Gasteiger charge is 2.56. The molecule has 0 radical (unpaired) electrons. The van der Waals surface area contributed by atoms with Gasteiger partial charge in [0, 0.05) is 18.6 Å². The summed E-state index contributed by atoms with van der Waals surface area (Å²) < 4.78 is 40.0.